The number of carbonyl (C=O) groups is 1. The predicted octanol–water partition coefficient (Wildman–Crippen LogP) is 3.33. The third-order valence-corrected chi connectivity index (χ3v) is 5.10. The number of carbonyl (C=O) groups excluding carboxylic acids is 1. The first-order valence-corrected chi connectivity index (χ1v) is 10.1. The van der Waals surface area contributed by atoms with Crippen molar-refractivity contribution in [3.63, 3.8) is 0 Å². The molecule has 2 heterocycles. The van der Waals surface area contributed by atoms with E-state index in [-0.39, 0.29) is 17.8 Å². The van der Waals surface area contributed by atoms with Gasteiger partial charge in [-0.05, 0) is 35.9 Å². The molecular formula is C23H14F5N5O3. The summed E-state index contributed by atoms with van der Waals surface area (Å²) < 4.78 is 73.4. The van der Waals surface area contributed by atoms with E-state index in [0.29, 0.717) is 5.56 Å². The summed E-state index contributed by atoms with van der Waals surface area (Å²) in [5.41, 5.74) is -2.08. The number of alkyl halides is 3. The van der Waals surface area contributed by atoms with Crippen molar-refractivity contribution < 1.29 is 31.5 Å². The molecule has 0 atom stereocenters. The van der Waals surface area contributed by atoms with Crippen LogP contribution in [0.25, 0.3) is 11.1 Å². The molecule has 3 aromatic rings. The number of benzene rings is 2. The van der Waals surface area contributed by atoms with E-state index in [4.69, 9.17) is 10.00 Å². The maximum atomic E-state index is 14.4. The van der Waals surface area contributed by atoms with Crippen molar-refractivity contribution in [3.05, 3.63) is 93.2 Å². The normalized spacial score (nSPS) is 13.9. The number of halogens is 5. The van der Waals surface area contributed by atoms with Crippen molar-refractivity contribution in [1.82, 2.24) is 20.4 Å². The van der Waals surface area contributed by atoms with Gasteiger partial charge in [-0.1, -0.05) is 18.2 Å². The molecule has 0 saturated carbocycles. The molecule has 184 valence electrons. The summed E-state index contributed by atoms with van der Waals surface area (Å²) in [6, 6.07) is 11.1. The highest BCUT2D eigenvalue weighted by atomic mass is 19.4. The standard InChI is InChI=1S/C23H14F5N5O3/c24-14-6-4-12(5-7-14)16-8-15(31-32-21(16)34)10-33-11-30-20(23(26,27)28)19(22(33)35)36-17-3-1-2-13(9-29)18(17)25/h1-8,30H,10-11H2,(H,32,34). The van der Waals surface area contributed by atoms with Crippen LogP contribution < -0.4 is 15.6 Å². The fourth-order valence-corrected chi connectivity index (χ4v) is 3.38. The molecule has 0 aliphatic carbocycles. The lowest BCUT2D eigenvalue weighted by molar-refractivity contribution is -0.137. The second-order valence-electron chi connectivity index (χ2n) is 7.48. The summed E-state index contributed by atoms with van der Waals surface area (Å²) in [4.78, 5) is 26.1. The summed E-state index contributed by atoms with van der Waals surface area (Å²) >= 11 is 0. The Morgan fingerprint density at radius 2 is 1.83 bits per heavy atom. The Morgan fingerprint density at radius 1 is 1.11 bits per heavy atom. The van der Waals surface area contributed by atoms with E-state index in [1.165, 1.54) is 30.3 Å². The monoisotopic (exact) mass is 503 g/mol. The van der Waals surface area contributed by atoms with Crippen LogP contribution in [0, 0.1) is 23.0 Å². The molecule has 2 aromatic carbocycles. The Kier molecular flexibility index (Phi) is 6.43. The fraction of sp³-hybridized carbons (Fsp3) is 0.130. The van der Waals surface area contributed by atoms with E-state index < -0.39 is 58.7 Å². The summed E-state index contributed by atoms with van der Waals surface area (Å²) in [6.07, 6.45) is -5.04. The summed E-state index contributed by atoms with van der Waals surface area (Å²) in [5, 5.41) is 17.0. The van der Waals surface area contributed by atoms with Crippen LogP contribution in [0.5, 0.6) is 5.75 Å². The molecule has 1 amide bonds. The number of aromatic amines is 1. The number of allylic oxidation sites excluding steroid dienone is 1. The summed E-state index contributed by atoms with van der Waals surface area (Å²) in [6.45, 7) is -0.969. The van der Waals surface area contributed by atoms with Gasteiger partial charge in [0, 0.05) is 0 Å². The minimum absolute atomic E-state index is 0.0933. The number of nitrogens with one attached hydrogen (secondary N) is 2. The van der Waals surface area contributed by atoms with Crippen LogP contribution in [0.4, 0.5) is 22.0 Å². The number of hydrogen-bond donors (Lipinski definition) is 2. The minimum Gasteiger partial charge on any atom is -0.446 e. The molecule has 13 heteroatoms. The molecule has 0 bridgehead atoms. The third kappa shape index (κ3) is 4.88. The number of aromatic nitrogens is 2. The van der Waals surface area contributed by atoms with E-state index in [9.17, 15) is 31.5 Å². The smallest absolute Gasteiger partial charge is 0.434 e. The molecule has 1 aliphatic rings. The van der Waals surface area contributed by atoms with Crippen molar-refractivity contribution in [1.29, 1.82) is 5.26 Å². The van der Waals surface area contributed by atoms with Gasteiger partial charge in [0.1, 0.15) is 11.9 Å². The minimum atomic E-state index is -5.04. The van der Waals surface area contributed by atoms with Crippen LogP contribution in [-0.2, 0) is 11.3 Å². The average Bonchev–Trinajstić information content (AvgIpc) is 2.84. The zero-order chi connectivity index (χ0) is 26.0. The highest BCUT2D eigenvalue weighted by molar-refractivity contribution is 5.93. The largest absolute Gasteiger partial charge is 0.446 e. The topological polar surface area (TPSA) is 111 Å². The molecule has 36 heavy (non-hydrogen) atoms. The van der Waals surface area contributed by atoms with Gasteiger partial charge in [0.2, 0.25) is 5.76 Å². The van der Waals surface area contributed by atoms with Crippen LogP contribution in [0.3, 0.4) is 0 Å². The highest BCUT2D eigenvalue weighted by Crippen LogP contribution is 2.32. The number of rotatable bonds is 5. The Labute approximate surface area is 199 Å². The number of hydrogen-bond acceptors (Lipinski definition) is 6. The van der Waals surface area contributed by atoms with Gasteiger partial charge < -0.3 is 15.0 Å². The summed E-state index contributed by atoms with van der Waals surface area (Å²) in [5.74, 6) is -4.97. The lowest BCUT2D eigenvalue weighted by Crippen LogP contribution is -2.49. The predicted molar refractivity (Wildman–Crippen MR) is 114 cm³/mol. The maximum Gasteiger partial charge on any atom is 0.434 e. The Bertz CT molecular complexity index is 1460. The van der Waals surface area contributed by atoms with E-state index >= 15 is 0 Å². The zero-order valence-electron chi connectivity index (χ0n) is 18.0. The molecule has 1 aliphatic heterocycles. The molecular weight excluding hydrogens is 489 g/mol. The molecule has 0 spiro atoms. The zero-order valence-corrected chi connectivity index (χ0v) is 18.0. The number of H-pyrrole nitrogens is 1. The van der Waals surface area contributed by atoms with Gasteiger partial charge in [-0.15, -0.1) is 0 Å². The second kappa shape index (κ2) is 9.49. The third-order valence-electron chi connectivity index (χ3n) is 5.10. The Balaban J connectivity index is 1.66. The maximum absolute atomic E-state index is 14.4. The van der Waals surface area contributed by atoms with Crippen molar-refractivity contribution in [2.45, 2.75) is 12.7 Å². The second-order valence-corrected chi connectivity index (χ2v) is 7.48. The molecule has 8 nitrogen and oxygen atoms in total. The molecule has 0 saturated heterocycles. The number of amides is 1. The van der Waals surface area contributed by atoms with E-state index in [2.05, 4.69) is 10.2 Å². The first-order valence-electron chi connectivity index (χ1n) is 10.1. The van der Waals surface area contributed by atoms with Crippen molar-refractivity contribution in [2.75, 3.05) is 6.67 Å². The van der Waals surface area contributed by atoms with Gasteiger partial charge in [0.25, 0.3) is 11.5 Å². The number of nitrogens with zero attached hydrogens (tertiary/aromatic N) is 3. The van der Waals surface area contributed by atoms with E-state index in [0.717, 1.165) is 29.2 Å². The van der Waals surface area contributed by atoms with Crippen molar-refractivity contribution >= 4 is 5.91 Å². The van der Waals surface area contributed by atoms with Crippen molar-refractivity contribution in [3.8, 4) is 22.9 Å². The van der Waals surface area contributed by atoms with Crippen molar-refractivity contribution in [2.24, 2.45) is 0 Å². The van der Waals surface area contributed by atoms with Gasteiger partial charge in [-0.3, -0.25) is 9.59 Å². The fourth-order valence-electron chi connectivity index (χ4n) is 3.38. The molecule has 0 radical (unpaired) electrons. The van der Waals surface area contributed by atoms with Gasteiger partial charge in [-0.25, -0.2) is 13.9 Å². The quantitative estimate of drug-likeness (QED) is 0.517. The molecule has 0 unspecified atom stereocenters. The van der Waals surface area contributed by atoms with Crippen LogP contribution in [0.15, 0.2) is 64.8 Å². The number of nitriles is 1. The molecule has 0 fully saturated rings. The van der Waals surface area contributed by atoms with E-state index in [1.54, 1.807) is 0 Å². The molecule has 1 aromatic heterocycles. The van der Waals surface area contributed by atoms with Crippen LogP contribution in [-0.4, -0.2) is 33.8 Å². The average molecular weight is 503 g/mol. The van der Waals surface area contributed by atoms with Gasteiger partial charge in [0.05, 0.1) is 30.0 Å². The van der Waals surface area contributed by atoms with Gasteiger partial charge in [0.15, 0.2) is 17.3 Å². The van der Waals surface area contributed by atoms with Gasteiger partial charge in [-0.2, -0.15) is 23.5 Å². The van der Waals surface area contributed by atoms with Crippen LogP contribution in [0.1, 0.15) is 11.3 Å². The van der Waals surface area contributed by atoms with Crippen LogP contribution >= 0.6 is 0 Å². The lowest BCUT2D eigenvalue weighted by Gasteiger charge is -2.31. The highest BCUT2D eigenvalue weighted by Gasteiger charge is 2.44. The molecule has 2 N–H and O–H groups in total. The Hall–Kier alpha value is -4.73. The first kappa shape index (κ1) is 24.4. The first-order chi connectivity index (χ1) is 17.1. The SMILES string of the molecule is N#Cc1cccc(OC2=C(C(F)(F)F)NCN(Cc3cc(-c4ccc(F)cc4)c(=O)[nH]n3)C2=O)c1F. The lowest BCUT2D eigenvalue weighted by atomic mass is 10.1. The van der Waals surface area contributed by atoms with Crippen LogP contribution in [0.2, 0.25) is 0 Å². The summed E-state index contributed by atoms with van der Waals surface area (Å²) in [7, 11) is 0. The van der Waals surface area contributed by atoms with E-state index in [1.807, 2.05) is 5.32 Å². The number of ether oxygens (including phenoxy) is 1. The van der Waals surface area contributed by atoms with Gasteiger partial charge >= 0.3 is 6.18 Å². The molecule has 4 rings (SSSR count). The Morgan fingerprint density at radius 3 is 2.50 bits per heavy atom.